The first kappa shape index (κ1) is 14.3. The van der Waals surface area contributed by atoms with E-state index in [1.54, 1.807) is 4.68 Å². The molecule has 0 N–H and O–H groups in total. The van der Waals surface area contributed by atoms with Crippen molar-refractivity contribution in [1.82, 2.24) is 29.5 Å². The molecule has 6 nitrogen and oxygen atoms in total. The third-order valence-corrected chi connectivity index (χ3v) is 4.86. The summed E-state index contributed by atoms with van der Waals surface area (Å²) < 4.78 is 3.95. The van der Waals surface area contributed by atoms with Crippen molar-refractivity contribution in [1.29, 1.82) is 0 Å². The van der Waals surface area contributed by atoms with Gasteiger partial charge in [0.1, 0.15) is 5.69 Å². The van der Waals surface area contributed by atoms with Crippen LogP contribution in [-0.4, -0.2) is 29.5 Å². The van der Waals surface area contributed by atoms with Crippen LogP contribution < -0.4 is 0 Å². The van der Waals surface area contributed by atoms with E-state index in [9.17, 15) is 0 Å². The Hall–Kier alpha value is -3.02. The Morgan fingerprint density at radius 2 is 2.04 bits per heavy atom. The van der Waals surface area contributed by atoms with E-state index < -0.39 is 0 Å². The second-order valence-corrected chi connectivity index (χ2v) is 6.47. The second kappa shape index (κ2) is 5.51. The molecule has 0 aliphatic carbocycles. The highest BCUT2D eigenvalue weighted by Gasteiger charge is 2.23. The summed E-state index contributed by atoms with van der Waals surface area (Å²) in [7, 11) is 1.91. The van der Waals surface area contributed by atoms with E-state index in [-0.39, 0.29) is 0 Å². The first-order chi connectivity index (χ1) is 12.3. The molecule has 0 saturated heterocycles. The zero-order valence-corrected chi connectivity index (χ0v) is 14.1. The van der Waals surface area contributed by atoms with Gasteiger partial charge in [0.15, 0.2) is 5.65 Å². The summed E-state index contributed by atoms with van der Waals surface area (Å²) in [5, 5.41) is 10.2. The van der Waals surface area contributed by atoms with Crippen molar-refractivity contribution in [2.45, 2.75) is 25.8 Å². The summed E-state index contributed by atoms with van der Waals surface area (Å²) in [5.41, 5.74) is 6.29. The van der Waals surface area contributed by atoms with Crippen LogP contribution in [0.3, 0.4) is 0 Å². The number of nitrogens with zero attached hydrogens (tertiary/aromatic N) is 6. The number of fused-ring (bicyclic) bond motifs is 2. The van der Waals surface area contributed by atoms with Crippen LogP contribution in [0.2, 0.25) is 0 Å². The third kappa shape index (κ3) is 2.25. The van der Waals surface area contributed by atoms with Crippen molar-refractivity contribution in [2.75, 3.05) is 0 Å². The molecule has 0 atom stereocenters. The molecule has 0 radical (unpaired) electrons. The number of hydrogen-bond donors (Lipinski definition) is 0. The fourth-order valence-electron chi connectivity index (χ4n) is 3.66. The summed E-state index contributed by atoms with van der Waals surface area (Å²) >= 11 is 0. The van der Waals surface area contributed by atoms with Crippen molar-refractivity contribution in [3.63, 3.8) is 0 Å². The Balaban J connectivity index is 1.76. The summed E-state index contributed by atoms with van der Waals surface area (Å²) in [6.45, 7) is 0.970. The Kier molecular flexibility index (Phi) is 3.16. The summed E-state index contributed by atoms with van der Waals surface area (Å²) in [5.74, 6) is 0. The first-order valence-electron chi connectivity index (χ1n) is 8.60. The van der Waals surface area contributed by atoms with E-state index in [2.05, 4.69) is 25.8 Å². The van der Waals surface area contributed by atoms with Crippen molar-refractivity contribution in [3.05, 3.63) is 48.5 Å². The molecule has 0 saturated carbocycles. The standard InChI is InChI=1S/C19H18N6/c1-24-19-14(12-22-24)10-13(11-21-19)17-16-7-3-5-9-25(16)23-18(17)15-6-2-4-8-20-15/h2,4,6,8,10-12H,3,5,7,9H2,1H3. The monoisotopic (exact) mass is 330 g/mol. The first-order valence-corrected chi connectivity index (χ1v) is 8.60. The lowest BCUT2D eigenvalue weighted by molar-refractivity contribution is 0.487. The lowest BCUT2D eigenvalue weighted by atomic mass is 9.98. The van der Waals surface area contributed by atoms with E-state index in [1.165, 1.54) is 18.5 Å². The van der Waals surface area contributed by atoms with E-state index in [1.807, 2.05) is 43.8 Å². The lowest BCUT2D eigenvalue weighted by Crippen LogP contribution is -2.11. The Morgan fingerprint density at radius 1 is 1.08 bits per heavy atom. The van der Waals surface area contributed by atoms with Gasteiger partial charge in [-0.25, -0.2) is 4.98 Å². The van der Waals surface area contributed by atoms with Gasteiger partial charge in [-0.15, -0.1) is 0 Å². The third-order valence-electron chi connectivity index (χ3n) is 4.86. The fraction of sp³-hybridized carbons (Fsp3) is 0.263. The van der Waals surface area contributed by atoms with Crippen LogP contribution in [0.1, 0.15) is 18.5 Å². The largest absolute Gasteiger partial charge is 0.268 e. The van der Waals surface area contributed by atoms with Gasteiger partial charge < -0.3 is 0 Å². The van der Waals surface area contributed by atoms with Gasteiger partial charge in [-0.3, -0.25) is 14.3 Å². The van der Waals surface area contributed by atoms with Gasteiger partial charge in [0.2, 0.25) is 0 Å². The Bertz CT molecular complexity index is 1060. The minimum absolute atomic E-state index is 0.893. The molecule has 1 aliphatic rings. The zero-order chi connectivity index (χ0) is 16.8. The van der Waals surface area contributed by atoms with Gasteiger partial charge in [-0.05, 0) is 37.5 Å². The van der Waals surface area contributed by atoms with E-state index >= 15 is 0 Å². The van der Waals surface area contributed by atoms with E-state index in [4.69, 9.17) is 5.10 Å². The highest BCUT2D eigenvalue weighted by Crippen LogP contribution is 2.36. The number of aromatic nitrogens is 6. The molecule has 1 aliphatic heterocycles. The minimum atomic E-state index is 0.893. The SMILES string of the molecule is Cn1ncc2cc(-c3c(-c4ccccn4)nn4c3CCCC4)cnc21. The molecule has 25 heavy (non-hydrogen) atoms. The van der Waals surface area contributed by atoms with Crippen molar-refractivity contribution < 1.29 is 0 Å². The molecule has 4 aromatic rings. The van der Waals surface area contributed by atoms with Crippen LogP contribution in [0.4, 0.5) is 0 Å². The van der Waals surface area contributed by atoms with Crippen LogP contribution >= 0.6 is 0 Å². The molecule has 124 valence electrons. The number of hydrogen-bond acceptors (Lipinski definition) is 4. The van der Waals surface area contributed by atoms with Gasteiger partial charge >= 0.3 is 0 Å². The average molecular weight is 330 g/mol. The Morgan fingerprint density at radius 3 is 2.92 bits per heavy atom. The highest BCUT2D eigenvalue weighted by atomic mass is 15.3. The number of rotatable bonds is 2. The summed E-state index contributed by atoms with van der Waals surface area (Å²) in [6.07, 6.45) is 9.03. The quantitative estimate of drug-likeness (QED) is 0.566. The van der Waals surface area contributed by atoms with E-state index in [0.717, 1.165) is 46.5 Å². The molecule has 0 fully saturated rings. The average Bonchev–Trinajstić information content (AvgIpc) is 3.23. The number of pyridine rings is 2. The normalized spacial score (nSPS) is 14.0. The maximum atomic E-state index is 4.89. The fourth-order valence-corrected chi connectivity index (χ4v) is 3.66. The topological polar surface area (TPSA) is 61.4 Å². The maximum Gasteiger partial charge on any atom is 0.157 e. The highest BCUT2D eigenvalue weighted by molar-refractivity contribution is 5.87. The molecule has 0 unspecified atom stereocenters. The molecule has 0 bridgehead atoms. The van der Waals surface area contributed by atoms with Gasteiger partial charge in [-0.1, -0.05) is 6.07 Å². The van der Waals surface area contributed by atoms with Gasteiger partial charge in [-0.2, -0.15) is 10.2 Å². The predicted octanol–water partition coefficient (Wildman–Crippen LogP) is 3.23. The molecule has 6 heteroatoms. The minimum Gasteiger partial charge on any atom is -0.268 e. The molecule has 5 rings (SSSR count). The molecule has 4 aromatic heterocycles. The molecule has 0 amide bonds. The Labute approximate surface area is 145 Å². The molecule has 0 aromatic carbocycles. The molecule has 0 spiro atoms. The smallest absolute Gasteiger partial charge is 0.157 e. The van der Waals surface area contributed by atoms with Gasteiger partial charge in [0, 0.05) is 48.2 Å². The molecular formula is C19H18N6. The predicted molar refractivity (Wildman–Crippen MR) is 95.9 cm³/mol. The number of aryl methyl sites for hydroxylation is 2. The lowest BCUT2D eigenvalue weighted by Gasteiger charge is -2.14. The van der Waals surface area contributed by atoms with Crippen molar-refractivity contribution >= 4 is 11.0 Å². The molecule has 5 heterocycles. The van der Waals surface area contributed by atoms with Crippen LogP contribution in [0, 0.1) is 0 Å². The molecular weight excluding hydrogens is 312 g/mol. The van der Waals surface area contributed by atoms with Crippen LogP contribution in [0.15, 0.2) is 42.9 Å². The maximum absolute atomic E-state index is 4.89. The van der Waals surface area contributed by atoms with Gasteiger partial charge in [0.25, 0.3) is 0 Å². The second-order valence-electron chi connectivity index (χ2n) is 6.47. The van der Waals surface area contributed by atoms with Crippen molar-refractivity contribution in [3.8, 4) is 22.5 Å². The van der Waals surface area contributed by atoms with Crippen LogP contribution in [0.25, 0.3) is 33.5 Å². The van der Waals surface area contributed by atoms with Crippen LogP contribution in [-0.2, 0) is 20.0 Å². The van der Waals surface area contributed by atoms with Crippen molar-refractivity contribution in [2.24, 2.45) is 7.05 Å². The van der Waals surface area contributed by atoms with E-state index in [0.29, 0.717) is 0 Å². The zero-order valence-electron chi connectivity index (χ0n) is 14.1. The van der Waals surface area contributed by atoms with Gasteiger partial charge in [0.05, 0.1) is 11.9 Å². The summed E-state index contributed by atoms with van der Waals surface area (Å²) in [4.78, 5) is 9.16. The summed E-state index contributed by atoms with van der Waals surface area (Å²) in [6, 6.07) is 8.12. The van der Waals surface area contributed by atoms with Crippen LogP contribution in [0.5, 0.6) is 0 Å².